The van der Waals surface area contributed by atoms with Gasteiger partial charge < -0.3 is 9.67 Å². The molecule has 0 aliphatic rings. The fraction of sp³-hybridized carbons (Fsp3) is 0.333. The molecule has 0 bridgehead atoms. The standard InChI is InChI=1S/C18H21N3O4S/c1-5-14-16(19-2)15(17(18(22)23)21(14)3)13-8-6-12(7-9-13)10-11-20-26(4,24)25/h6-9,20H,5,10-11H2,1,3-4H3,(H,22,23). The second-order valence-corrected chi connectivity index (χ2v) is 7.79. The van der Waals surface area contributed by atoms with Crippen LogP contribution in [0.3, 0.4) is 0 Å². The number of aromatic carboxylic acids is 1. The van der Waals surface area contributed by atoms with Gasteiger partial charge in [-0.3, -0.25) is 0 Å². The molecule has 0 unspecified atom stereocenters. The molecule has 1 aromatic heterocycles. The summed E-state index contributed by atoms with van der Waals surface area (Å²) in [6.45, 7) is 9.65. The van der Waals surface area contributed by atoms with Crippen molar-refractivity contribution in [2.24, 2.45) is 7.05 Å². The fourth-order valence-electron chi connectivity index (χ4n) is 2.99. The Hall–Kier alpha value is -2.63. The van der Waals surface area contributed by atoms with Gasteiger partial charge in [0.15, 0.2) is 0 Å². The molecule has 0 spiro atoms. The van der Waals surface area contributed by atoms with E-state index in [9.17, 15) is 18.3 Å². The number of benzene rings is 1. The maximum atomic E-state index is 11.7. The summed E-state index contributed by atoms with van der Waals surface area (Å²) in [5, 5.41) is 9.59. The van der Waals surface area contributed by atoms with Crippen LogP contribution in [0, 0.1) is 6.57 Å². The lowest BCUT2D eigenvalue weighted by molar-refractivity contribution is 0.0687. The smallest absolute Gasteiger partial charge is 0.351 e. The fourth-order valence-corrected chi connectivity index (χ4v) is 3.46. The first-order chi connectivity index (χ1) is 12.2. The van der Waals surface area contributed by atoms with E-state index in [4.69, 9.17) is 6.57 Å². The lowest BCUT2D eigenvalue weighted by atomic mass is 10.0. The van der Waals surface area contributed by atoms with Gasteiger partial charge in [-0.05, 0) is 24.0 Å². The Morgan fingerprint density at radius 1 is 1.31 bits per heavy atom. The first kappa shape index (κ1) is 19.7. The first-order valence-corrected chi connectivity index (χ1v) is 9.95. The van der Waals surface area contributed by atoms with Crippen LogP contribution in [0.2, 0.25) is 0 Å². The van der Waals surface area contributed by atoms with E-state index in [1.165, 1.54) is 0 Å². The third kappa shape index (κ3) is 4.12. The Morgan fingerprint density at radius 3 is 2.38 bits per heavy atom. The molecule has 0 atom stereocenters. The van der Waals surface area contributed by atoms with Crippen LogP contribution in [0.15, 0.2) is 24.3 Å². The summed E-state index contributed by atoms with van der Waals surface area (Å²) in [5.74, 6) is -1.08. The van der Waals surface area contributed by atoms with Gasteiger partial charge in [0.1, 0.15) is 5.69 Å². The van der Waals surface area contributed by atoms with Crippen molar-refractivity contribution in [2.45, 2.75) is 19.8 Å². The Morgan fingerprint density at radius 2 is 1.92 bits per heavy atom. The van der Waals surface area contributed by atoms with Crippen LogP contribution in [0.25, 0.3) is 16.0 Å². The predicted octanol–water partition coefficient (Wildman–Crippen LogP) is 2.60. The summed E-state index contributed by atoms with van der Waals surface area (Å²) >= 11 is 0. The van der Waals surface area contributed by atoms with E-state index >= 15 is 0 Å². The minimum atomic E-state index is -3.23. The van der Waals surface area contributed by atoms with Gasteiger partial charge >= 0.3 is 5.97 Å². The number of carbonyl (C=O) groups is 1. The van der Waals surface area contributed by atoms with Crippen LogP contribution in [0.4, 0.5) is 5.69 Å². The van der Waals surface area contributed by atoms with Gasteiger partial charge in [0.05, 0.1) is 12.8 Å². The first-order valence-electron chi connectivity index (χ1n) is 8.05. The van der Waals surface area contributed by atoms with Gasteiger partial charge in [-0.15, -0.1) is 0 Å². The molecule has 1 heterocycles. The Balaban J connectivity index is 2.40. The van der Waals surface area contributed by atoms with E-state index < -0.39 is 16.0 Å². The van der Waals surface area contributed by atoms with Crippen LogP contribution in [-0.2, 0) is 29.9 Å². The van der Waals surface area contributed by atoms with Gasteiger partial charge in [-0.1, -0.05) is 31.2 Å². The van der Waals surface area contributed by atoms with Crippen molar-refractivity contribution >= 4 is 21.7 Å². The maximum Gasteiger partial charge on any atom is 0.351 e. The molecule has 0 aliphatic heterocycles. The molecule has 0 aliphatic carbocycles. The van der Waals surface area contributed by atoms with Crippen LogP contribution in [0.5, 0.6) is 0 Å². The second-order valence-electron chi connectivity index (χ2n) is 5.96. The Labute approximate surface area is 153 Å². The van der Waals surface area contributed by atoms with Crippen molar-refractivity contribution < 1.29 is 18.3 Å². The second kappa shape index (κ2) is 7.72. The predicted molar refractivity (Wildman–Crippen MR) is 100.0 cm³/mol. The van der Waals surface area contributed by atoms with E-state index in [2.05, 4.69) is 9.57 Å². The van der Waals surface area contributed by atoms with Crippen molar-refractivity contribution in [3.8, 4) is 11.1 Å². The summed E-state index contributed by atoms with van der Waals surface area (Å²) in [5.41, 5.74) is 3.14. The Bertz CT molecular complexity index is 967. The maximum absolute atomic E-state index is 11.7. The lowest BCUT2D eigenvalue weighted by Crippen LogP contribution is -2.24. The number of sulfonamides is 1. The molecular weight excluding hydrogens is 354 g/mol. The highest BCUT2D eigenvalue weighted by Crippen LogP contribution is 2.39. The third-order valence-electron chi connectivity index (χ3n) is 4.16. The highest BCUT2D eigenvalue weighted by Gasteiger charge is 2.25. The van der Waals surface area contributed by atoms with Crippen LogP contribution >= 0.6 is 0 Å². The van der Waals surface area contributed by atoms with Crippen molar-refractivity contribution in [1.29, 1.82) is 0 Å². The monoisotopic (exact) mass is 375 g/mol. The van der Waals surface area contributed by atoms with Crippen molar-refractivity contribution in [1.82, 2.24) is 9.29 Å². The van der Waals surface area contributed by atoms with Crippen molar-refractivity contribution in [3.05, 3.63) is 52.6 Å². The highest BCUT2D eigenvalue weighted by atomic mass is 32.2. The largest absolute Gasteiger partial charge is 0.477 e. The van der Waals surface area contributed by atoms with Crippen molar-refractivity contribution in [3.63, 3.8) is 0 Å². The molecule has 138 valence electrons. The van der Waals surface area contributed by atoms with Gasteiger partial charge in [0.25, 0.3) is 0 Å². The zero-order valence-electron chi connectivity index (χ0n) is 14.9. The van der Waals surface area contributed by atoms with E-state index in [0.29, 0.717) is 35.3 Å². The zero-order valence-corrected chi connectivity index (χ0v) is 15.7. The van der Waals surface area contributed by atoms with Crippen molar-refractivity contribution in [2.75, 3.05) is 12.8 Å². The topological polar surface area (TPSA) is 92.8 Å². The van der Waals surface area contributed by atoms with Gasteiger partial charge in [-0.2, -0.15) is 0 Å². The molecular formula is C18H21N3O4S. The minimum absolute atomic E-state index is 0.0966. The van der Waals surface area contributed by atoms with E-state index in [-0.39, 0.29) is 12.2 Å². The lowest BCUT2D eigenvalue weighted by Gasteiger charge is -2.07. The molecule has 0 amide bonds. The van der Waals surface area contributed by atoms with Crippen LogP contribution in [-0.4, -0.2) is 36.9 Å². The molecule has 1 aromatic carbocycles. The number of carboxylic acid groups (broad SMARTS) is 1. The summed E-state index contributed by atoms with van der Waals surface area (Å²) in [7, 11) is -1.57. The van der Waals surface area contributed by atoms with Gasteiger partial charge in [0, 0.05) is 24.8 Å². The summed E-state index contributed by atoms with van der Waals surface area (Å²) in [4.78, 5) is 15.3. The normalized spacial score (nSPS) is 11.3. The summed E-state index contributed by atoms with van der Waals surface area (Å²) in [6.07, 6.45) is 2.18. The number of hydrogen-bond donors (Lipinski definition) is 2. The number of aromatic nitrogens is 1. The molecule has 2 aromatic rings. The summed E-state index contributed by atoms with van der Waals surface area (Å²) in [6, 6.07) is 7.17. The van der Waals surface area contributed by atoms with Gasteiger partial charge in [-0.25, -0.2) is 22.8 Å². The average Bonchev–Trinajstić information content (AvgIpc) is 2.86. The molecule has 8 heteroatoms. The molecule has 0 saturated heterocycles. The molecule has 0 saturated carbocycles. The number of hydrogen-bond acceptors (Lipinski definition) is 3. The molecule has 26 heavy (non-hydrogen) atoms. The quantitative estimate of drug-likeness (QED) is 0.728. The molecule has 2 N–H and O–H groups in total. The zero-order chi connectivity index (χ0) is 19.5. The molecule has 7 nitrogen and oxygen atoms in total. The SMILES string of the molecule is [C-]#[N+]c1c(-c2ccc(CCNS(C)(=O)=O)cc2)c(C(=O)O)n(C)c1CC. The molecule has 0 radical (unpaired) electrons. The number of nitrogens with zero attached hydrogens (tertiary/aromatic N) is 2. The van der Waals surface area contributed by atoms with E-state index in [1.54, 1.807) is 23.7 Å². The third-order valence-corrected chi connectivity index (χ3v) is 4.89. The van der Waals surface area contributed by atoms with E-state index in [0.717, 1.165) is 11.8 Å². The highest BCUT2D eigenvalue weighted by molar-refractivity contribution is 7.88. The van der Waals surface area contributed by atoms with Crippen LogP contribution in [0.1, 0.15) is 28.7 Å². The number of nitrogens with one attached hydrogen (secondary N) is 1. The molecule has 0 fully saturated rings. The molecule has 2 rings (SSSR count). The van der Waals surface area contributed by atoms with E-state index in [1.807, 2.05) is 19.1 Å². The average molecular weight is 375 g/mol. The summed E-state index contributed by atoms with van der Waals surface area (Å²) < 4.78 is 26.2. The Kier molecular flexibility index (Phi) is 5.85. The minimum Gasteiger partial charge on any atom is -0.477 e. The van der Waals surface area contributed by atoms with Gasteiger partial charge in [0.2, 0.25) is 15.7 Å². The number of rotatable bonds is 7. The van der Waals surface area contributed by atoms with Crippen LogP contribution < -0.4 is 4.72 Å². The number of carboxylic acids is 1.